The molecule has 0 amide bonds. The maximum Gasteiger partial charge on any atom is 0.313 e. The third kappa shape index (κ3) is 41.7. The second kappa shape index (κ2) is 9.91. The smallest absolute Gasteiger partial charge is 0.313 e. The molecule has 0 rings (SSSR count). The molecule has 0 saturated heterocycles. The molecule has 50 valence electrons. The number of carbonyl (C=O) groups is 1. The zero-order valence-electron chi connectivity index (χ0n) is 4.79. The monoisotopic (exact) mass is 137 g/mol. The number of hydrogen-bond donors (Lipinski definition) is 3. The Morgan fingerprint density at radius 3 is 2.00 bits per heavy atom. The van der Waals surface area contributed by atoms with Crippen molar-refractivity contribution < 1.29 is 9.90 Å². The van der Waals surface area contributed by atoms with Gasteiger partial charge in [0.15, 0.2) is 0 Å². The number of carboxylic acids is 1. The van der Waals surface area contributed by atoms with Gasteiger partial charge in [0.25, 0.3) is 0 Å². The number of aliphatic carboxylic acids is 1. The standard InChI is InChI=1S/C2H7N.C2H4O2S/c1-2-3;3-2(4)1-5/h2-3H2,1H3;5H,1H2,(H,3,4). The SMILES string of the molecule is CCN.O=C(O)CS. The van der Waals surface area contributed by atoms with Crippen LogP contribution in [0, 0.1) is 0 Å². The molecule has 0 radical (unpaired) electrons. The van der Waals surface area contributed by atoms with E-state index in [9.17, 15) is 4.79 Å². The molecular weight excluding hydrogens is 126 g/mol. The first-order chi connectivity index (χ1) is 3.68. The first kappa shape index (κ1) is 10.7. The predicted molar refractivity (Wildman–Crippen MR) is 36.2 cm³/mol. The molecule has 3 N–H and O–H groups in total. The number of hydrogen-bond acceptors (Lipinski definition) is 3. The van der Waals surface area contributed by atoms with E-state index in [2.05, 4.69) is 12.6 Å². The van der Waals surface area contributed by atoms with Crippen molar-refractivity contribution in [2.45, 2.75) is 6.92 Å². The Morgan fingerprint density at radius 2 is 2.00 bits per heavy atom. The van der Waals surface area contributed by atoms with Crippen LogP contribution in [0.5, 0.6) is 0 Å². The van der Waals surface area contributed by atoms with Gasteiger partial charge in [-0.15, -0.1) is 0 Å². The van der Waals surface area contributed by atoms with Crippen molar-refractivity contribution in [3.63, 3.8) is 0 Å². The lowest BCUT2D eigenvalue weighted by atomic mass is 10.8. The Labute approximate surface area is 54.3 Å². The van der Waals surface area contributed by atoms with Gasteiger partial charge in [-0.05, 0) is 6.54 Å². The molecule has 0 aromatic heterocycles. The minimum atomic E-state index is -0.881. The fourth-order valence-corrected chi connectivity index (χ4v) is 0. The van der Waals surface area contributed by atoms with Gasteiger partial charge in [-0.3, -0.25) is 4.79 Å². The van der Waals surface area contributed by atoms with Gasteiger partial charge in [0, 0.05) is 0 Å². The Kier molecular flexibility index (Phi) is 13.3. The number of nitrogens with two attached hydrogens (primary N) is 1. The van der Waals surface area contributed by atoms with Crippen molar-refractivity contribution in [3.05, 3.63) is 0 Å². The van der Waals surface area contributed by atoms with E-state index in [0.717, 1.165) is 6.54 Å². The van der Waals surface area contributed by atoms with Gasteiger partial charge < -0.3 is 10.8 Å². The first-order valence-electron chi connectivity index (χ1n) is 2.21. The van der Waals surface area contributed by atoms with E-state index in [1.54, 1.807) is 0 Å². The zero-order valence-corrected chi connectivity index (χ0v) is 5.69. The van der Waals surface area contributed by atoms with E-state index in [1.807, 2.05) is 6.92 Å². The van der Waals surface area contributed by atoms with Crippen molar-refractivity contribution in [3.8, 4) is 0 Å². The lowest BCUT2D eigenvalue weighted by molar-refractivity contribution is -0.133. The molecule has 0 aliphatic rings. The van der Waals surface area contributed by atoms with Gasteiger partial charge >= 0.3 is 5.97 Å². The minimum Gasteiger partial charge on any atom is -0.481 e. The van der Waals surface area contributed by atoms with Crippen LogP contribution in [-0.2, 0) is 4.79 Å². The molecule has 0 atom stereocenters. The van der Waals surface area contributed by atoms with Crippen LogP contribution >= 0.6 is 12.6 Å². The molecule has 0 fully saturated rings. The van der Waals surface area contributed by atoms with Crippen molar-refractivity contribution in [1.29, 1.82) is 0 Å². The summed E-state index contributed by atoms with van der Waals surface area (Å²) in [5.41, 5.74) is 4.85. The molecule has 0 unspecified atom stereocenters. The molecular formula is C4H11NO2S. The first-order valence-corrected chi connectivity index (χ1v) is 2.85. The molecule has 0 aromatic rings. The fourth-order valence-electron chi connectivity index (χ4n) is 0. The van der Waals surface area contributed by atoms with Crippen LogP contribution in [0.4, 0.5) is 0 Å². The van der Waals surface area contributed by atoms with Crippen LogP contribution in [0.2, 0.25) is 0 Å². The van der Waals surface area contributed by atoms with Crippen LogP contribution in [0.1, 0.15) is 6.92 Å². The van der Waals surface area contributed by atoms with Gasteiger partial charge in [0.2, 0.25) is 0 Å². The largest absolute Gasteiger partial charge is 0.481 e. The maximum atomic E-state index is 9.29. The van der Waals surface area contributed by atoms with Crippen LogP contribution in [0.15, 0.2) is 0 Å². The van der Waals surface area contributed by atoms with E-state index in [0.29, 0.717) is 0 Å². The van der Waals surface area contributed by atoms with Crippen LogP contribution in [0.3, 0.4) is 0 Å². The van der Waals surface area contributed by atoms with E-state index >= 15 is 0 Å². The highest BCUT2D eigenvalue weighted by Gasteiger charge is 1.81. The van der Waals surface area contributed by atoms with E-state index in [-0.39, 0.29) is 5.75 Å². The molecule has 0 aliphatic carbocycles. The Balaban J connectivity index is 0. The number of thiol groups is 1. The molecule has 0 bridgehead atoms. The van der Waals surface area contributed by atoms with Crippen molar-refractivity contribution >= 4 is 18.6 Å². The van der Waals surface area contributed by atoms with Gasteiger partial charge in [-0.2, -0.15) is 12.6 Å². The van der Waals surface area contributed by atoms with Crippen LogP contribution in [-0.4, -0.2) is 23.4 Å². The second-order valence-electron chi connectivity index (χ2n) is 0.960. The summed E-state index contributed by atoms with van der Waals surface area (Å²) in [5, 5.41) is 7.65. The van der Waals surface area contributed by atoms with E-state index < -0.39 is 5.97 Å². The van der Waals surface area contributed by atoms with Gasteiger partial charge in [-0.1, -0.05) is 6.92 Å². The molecule has 0 aromatic carbocycles. The molecule has 8 heavy (non-hydrogen) atoms. The van der Waals surface area contributed by atoms with Gasteiger partial charge in [0.05, 0.1) is 5.75 Å². The molecule has 0 spiro atoms. The normalized spacial score (nSPS) is 6.88. The van der Waals surface area contributed by atoms with Gasteiger partial charge in [0.1, 0.15) is 0 Å². The lowest BCUT2D eigenvalue weighted by Crippen LogP contribution is -1.92. The third-order valence-electron chi connectivity index (χ3n) is 0.135. The predicted octanol–water partition coefficient (Wildman–Crippen LogP) is -0.0342. The summed E-state index contributed by atoms with van der Waals surface area (Å²) in [5.74, 6) is -0.965. The van der Waals surface area contributed by atoms with Crippen LogP contribution in [0.25, 0.3) is 0 Å². The van der Waals surface area contributed by atoms with Gasteiger partial charge in [-0.25, -0.2) is 0 Å². The zero-order chi connectivity index (χ0) is 6.99. The minimum absolute atomic E-state index is 0.0833. The summed E-state index contributed by atoms with van der Waals surface area (Å²) in [6, 6.07) is 0. The van der Waals surface area contributed by atoms with E-state index in [4.69, 9.17) is 10.8 Å². The number of rotatable bonds is 1. The Hall–Kier alpha value is -0.220. The average molecular weight is 137 g/mol. The Bertz CT molecular complexity index is 58.0. The summed E-state index contributed by atoms with van der Waals surface area (Å²) >= 11 is 3.42. The number of carboxylic acid groups (broad SMARTS) is 1. The summed E-state index contributed by atoms with van der Waals surface area (Å²) < 4.78 is 0. The maximum absolute atomic E-state index is 9.29. The fraction of sp³-hybridized carbons (Fsp3) is 0.750. The molecule has 4 heteroatoms. The lowest BCUT2D eigenvalue weighted by Gasteiger charge is -1.71. The van der Waals surface area contributed by atoms with E-state index in [1.165, 1.54) is 0 Å². The average Bonchev–Trinajstić information content (AvgIpc) is 1.69. The molecule has 0 saturated carbocycles. The molecule has 0 aliphatic heterocycles. The van der Waals surface area contributed by atoms with Crippen molar-refractivity contribution in [2.75, 3.05) is 12.3 Å². The summed E-state index contributed by atoms with van der Waals surface area (Å²) in [6.07, 6.45) is 0. The highest BCUT2D eigenvalue weighted by molar-refractivity contribution is 7.81. The summed E-state index contributed by atoms with van der Waals surface area (Å²) in [4.78, 5) is 9.29. The van der Waals surface area contributed by atoms with Crippen molar-refractivity contribution in [2.24, 2.45) is 5.73 Å². The second-order valence-corrected chi connectivity index (χ2v) is 1.28. The van der Waals surface area contributed by atoms with Crippen LogP contribution < -0.4 is 5.73 Å². The molecule has 3 nitrogen and oxygen atoms in total. The summed E-state index contributed by atoms with van der Waals surface area (Å²) in [7, 11) is 0. The third-order valence-corrected chi connectivity index (χ3v) is 0.406. The summed E-state index contributed by atoms with van der Waals surface area (Å²) in [6.45, 7) is 2.65. The topological polar surface area (TPSA) is 63.3 Å². The Morgan fingerprint density at radius 1 is 1.88 bits per heavy atom. The molecule has 0 heterocycles. The quantitative estimate of drug-likeness (QED) is 0.444. The highest BCUT2D eigenvalue weighted by Crippen LogP contribution is 1.66. The highest BCUT2D eigenvalue weighted by atomic mass is 32.1. The van der Waals surface area contributed by atoms with Crippen molar-refractivity contribution in [1.82, 2.24) is 0 Å².